The van der Waals surface area contributed by atoms with Crippen LogP contribution in [0.5, 0.6) is 0 Å². The Balaban J connectivity index is 1.31. The van der Waals surface area contributed by atoms with Crippen LogP contribution in [0.1, 0.15) is 12.8 Å². The van der Waals surface area contributed by atoms with E-state index in [4.69, 9.17) is 0 Å². The van der Waals surface area contributed by atoms with E-state index in [2.05, 4.69) is 45.4 Å². The van der Waals surface area contributed by atoms with Crippen molar-refractivity contribution >= 4 is 5.69 Å². The Morgan fingerprint density at radius 1 is 0.947 bits per heavy atom. The van der Waals surface area contributed by atoms with Crippen LogP contribution >= 0.6 is 0 Å². The number of benzene rings is 1. The highest BCUT2D eigenvalue weighted by Gasteiger charge is 2.26. The minimum atomic E-state index is 1.03. The molecule has 19 heavy (non-hydrogen) atoms. The van der Waals surface area contributed by atoms with Gasteiger partial charge >= 0.3 is 0 Å². The van der Waals surface area contributed by atoms with Crippen LogP contribution < -0.4 is 5.32 Å². The van der Waals surface area contributed by atoms with E-state index in [0.29, 0.717) is 0 Å². The molecule has 3 nitrogen and oxygen atoms in total. The van der Waals surface area contributed by atoms with Crippen LogP contribution in [0, 0.1) is 5.92 Å². The first-order valence-electron chi connectivity index (χ1n) is 7.64. The number of rotatable bonds is 6. The molecule has 0 aromatic heterocycles. The SMILES string of the molecule is c1ccc(NCCN2CCN(CC3CC3)CC2)cc1. The minimum absolute atomic E-state index is 1.03. The highest BCUT2D eigenvalue weighted by Crippen LogP contribution is 2.29. The highest BCUT2D eigenvalue weighted by molar-refractivity contribution is 5.42. The smallest absolute Gasteiger partial charge is 0.0340 e. The van der Waals surface area contributed by atoms with E-state index in [0.717, 1.165) is 19.0 Å². The predicted octanol–water partition coefficient (Wildman–Crippen LogP) is 2.13. The van der Waals surface area contributed by atoms with Crippen LogP contribution in [-0.4, -0.2) is 55.6 Å². The van der Waals surface area contributed by atoms with Crippen LogP contribution in [0.25, 0.3) is 0 Å². The maximum Gasteiger partial charge on any atom is 0.0340 e. The molecule has 1 saturated carbocycles. The maximum absolute atomic E-state index is 3.49. The van der Waals surface area contributed by atoms with E-state index < -0.39 is 0 Å². The number of piperazine rings is 1. The van der Waals surface area contributed by atoms with E-state index >= 15 is 0 Å². The molecule has 0 radical (unpaired) electrons. The second-order valence-electron chi connectivity index (χ2n) is 5.88. The summed E-state index contributed by atoms with van der Waals surface area (Å²) < 4.78 is 0. The average Bonchev–Trinajstić information content (AvgIpc) is 3.26. The van der Waals surface area contributed by atoms with Gasteiger partial charge in [0.1, 0.15) is 0 Å². The van der Waals surface area contributed by atoms with Crippen molar-refractivity contribution in [2.75, 3.05) is 51.1 Å². The molecule has 1 heterocycles. The van der Waals surface area contributed by atoms with Gasteiger partial charge in [0.2, 0.25) is 0 Å². The van der Waals surface area contributed by atoms with Crippen molar-refractivity contribution < 1.29 is 0 Å². The molecule has 3 heteroatoms. The quantitative estimate of drug-likeness (QED) is 0.844. The van der Waals surface area contributed by atoms with Gasteiger partial charge < -0.3 is 10.2 Å². The molecular formula is C16H25N3. The first-order valence-corrected chi connectivity index (χ1v) is 7.64. The second kappa shape index (κ2) is 6.40. The Kier molecular flexibility index (Phi) is 4.36. The van der Waals surface area contributed by atoms with Gasteiger partial charge in [-0.05, 0) is 30.9 Å². The zero-order valence-electron chi connectivity index (χ0n) is 11.7. The van der Waals surface area contributed by atoms with Crippen molar-refractivity contribution in [2.45, 2.75) is 12.8 Å². The lowest BCUT2D eigenvalue weighted by Crippen LogP contribution is -2.48. The molecule has 1 N–H and O–H groups in total. The number of anilines is 1. The van der Waals surface area contributed by atoms with E-state index in [1.54, 1.807) is 0 Å². The fourth-order valence-electron chi connectivity index (χ4n) is 2.78. The van der Waals surface area contributed by atoms with Crippen LogP contribution in [0.15, 0.2) is 30.3 Å². The molecule has 0 amide bonds. The average molecular weight is 259 g/mol. The van der Waals surface area contributed by atoms with Gasteiger partial charge in [0.05, 0.1) is 0 Å². The minimum Gasteiger partial charge on any atom is -0.384 e. The summed E-state index contributed by atoms with van der Waals surface area (Å²) in [5, 5.41) is 3.49. The maximum atomic E-state index is 3.49. The van der Waals surface area contributed by atoms with Crippen molar-refractivity contribution in [1.29, 1.82) is 0 Å². The van der Waals surface area contributed by atoms with Crippen molar-refractivity contribution in [3.63, 3.8) is 0 Å². The van der Waals surface area contributed by atoms with E-state index in [-0.39, 0.29) is 0 Å². The molecule has 1 aromatic rings. The predicted molar refractivity (Wildman–Crippen MR) is 80.5 cm³/mol. The molecule has 2 aliphatic rings. The summed E-state index contributed by atoms with van der Waals surface area (Å²) in [4.78, 5) is 5.23. The van der Waals surface area contributed by atoms with Crippen LogP contribution in [0.4, 0.5) is 5.69 Å². The third-order valence-electron chi connectivity index (χ3n) is 4.21. The zero-order valence-corrected chi connectivity index (χ0v) is 11.7. The molecule has 3 rings (SSSR count). The molecule has 1 aliphatic carbocycles. The number of hydrogen-bond donors (Lipinski definition) is 1. The van der Waals surface area contributed by atoms with Gasteiger partial charge in [0.25, 0.3) is 0 Å². The van der Waals surface area contributed by atoms with E-state index in [1.165, 1.54) is 51.3 Å². The van der Waals surface area contributed by atoms with Crippen LogP contribution in [-0.2, 0) is 0 Å². The molecule has 1 aromatic carbocycles. The standard InChI is InChI=1S/C16H25N3/c1-2-4-16(5-3-1)17-8-9-18-10-12-19(13-11-18)14-15-6-7-15/h1-5,15,17H,6-14H2. The van der Waals surface area contributed by atoms with Crippen molar-refractivity contribution in [1.82, 2.24) is 9.80 Å². The zero-order chi connectivity index (χ0) is 12.9. The normalized spacial score (nSPS) is 21.5. The number of nitrogens with zero attached hydrogens (tertiary/aromatic N) is 2. The van der Waals surface area contributed by atoms with Crippen molar-refractivity contribution in [3.8, 4) is 0 Å². The van der Waals surface area contributed by atoms with Gasteiger partial charge in [-0.15, -0.1) is 0 Å². The summed E-state index contributed by atoms with van der Waals surface area (Å²) in [5.74, 6) is 1.03. The third kappa shape index (κ3) is 4.22. The molecule has 0 unspecified atom stereocenters. The van der Waals surface area contributed by atoms with Gasteiger partial charge in [-0.1, -0.05) is 18.2 Å². The monoisotopic (exact) mass is 259 g/mol. The molecule has 0 atom stereocenters. The summed E-state index contributed by atoms with van der Waals surface area (Å²) in [5.41, 5.74) is 1.23. The summed E-state index contributed by atoms with van der Waals surface area (Å²) in [6, 6.07) is 10.5. The lowest BCUT2D eigenvalue weighted by atomic mass is 10.2. The van der Waals surface area contributed by atoms with Crippen LogP contribution in [0.2, 0.25) is 0 Å². The third-order valence-corrected chi connectivity index (χ3v) is 4.21. The summed E-state index contributed by atoms with van der Waals surface area (Å²) in [6.07, 6.45) is 2.95. The molecule has 104 valence electrons. The first-order chi connectivity index (χ1) is 9.40. The van der Waals surface area contributed by atoms with Gasteiger partial charge in [-0.2, -0.15) is 0 Å². The Morgan fingerprint density at radius 3 is 2.32 bits per heavy atom. The van der Waals surface area contributed by atoms with Crippen molar-refractivity contribution in [2.24, 2.45) is 5.92 Å². The van der Waals surface area contributed by atoms with E-state index in [1.807, 2.05) is 0 Å². The fraction of sp³-hybridized carbons (Fsp3) is 0.625. The Morgan fingerprint density at radius 2 is 1.63 bits per heavy atom. The van der Waals surface area contributed by atoms with E-state index in [9.17, 15) is 0 Å². The number of nitrogens with one attached hydrogen (secondary N) is 1. The molecular weight excluding hydrogens is 234 g/mol. The molecule has 1 aliphatic heterocycles. The molecule has 1 saturated heterocycles. The largest absolute Gasteiger partial charge is 0.384 e. The van der Waals surface area contributed by atoms with Gasteiger partial charge in [-0.3, -0.25) is 4.90 Å². The number of para-hydroxylation sites is 1. The van der Waals surface area contributed by atoms with Crippen molar-refractivity contribution in [3.05, 3.63) is 30.3 Å². The fourth-order valence-corrected chi connectivity index (χ4v) is 2.78. The highest BCUT2D eigenvalue weighted by atomic mass is 15.3. The Bertz CT molecular complexity index is 367. The topological polar surface area (TPSA) is 18.5 Å². The second-order valence-corrected chi connectivity index (χ2v) is 5.88. The summed E-state index contributed by atoms with van der Waals surface area (Å²) in [7, 11) is 0. The molecule has 2 fully saturated rings. The lowest BCUT2D eigenvalue weighted by Gasteiger charge is -2.34. The van der Waals surface area contributed by atoms with Gasteiger partial charge in [0, 0.05) is 51.5 Å². The van der Waals surface area contributed by atoms with Gasteiger partial charge in [-0.25, -0.2) is 0 Å². The van der Waals surface area contributed by atoms with Crippen LogP contribution in [0.3, 0.4) is 0 Å². The molecule has 0 spiro atoms. The summed E-state index contributed by atoms with van der Waals surface area (Å²) in [6.45, 7) is 8.57. The first kappa shape index (κ1) is 12.9. The lowest BCUT2D eigenvalue weighted by molar-refractivity contribution is 0.132. The number of hydrogen-bond acceptors (Lipinski definition) is 3. The molecule has 0 bridgehead atoms. The summed E-state index contributed by atoms with van der Waals surface area (Å²) >= 11 is 0. The Labute approximate surface area is 116 Å². The Hall–Kier alpha value is -1.06. The van der Waals surface area contributed by atoms with Gasteiger partial charge in [0.15, 0.2) is 0 Å².